The molecule has 1 aromatic heterocycles. The van der Waals surface area contributed by atoms with Crippen molar-refractivity contribution in [3.63, 3.8) is 0 Å². The second kappa shape index (κ2) is 5.14. The van der Waals surface area contributed by atoms with Crippen molar-refractivity contribution in [2.24, 2.45) is 0 Å². The van der Waals surface area contributed by atoms with E-state index in [0.29, 0.717) is 5.75 Å². The highest BCUT2D eigenvalue weighted by molar-refractivity contribution is 7.11. The lowest BCUT2D eigenvalue weighted by atomic mass is 10.2. The number of rotatable bonds is 4. The smallest absolute Gasteiger partial charge is 0.115 e. The molecule has 84 valence electrons. The van der Waals surface area contributed by atoms with Gasteiger partial charge in [-0.15, -0.1) is 11.3 Å². The highest BCUT2D eigenvalue weighted by atomic mass is 32.1. The van der Waals surface area contributed by atoms with Gasteiger partial charge < -0.3 is 10.4 Å². The fourth-order valence-corrected chi connectivity index (χ4v) is 2.38. The number of phenols is 1. The zero-order valence-electron chi connectivity index (χ0n) is 9.23. The molecular formula is C13H15NOS. The summed E-state index contributed by atoms with van der Waals surface area (Å²) in [5.41, 5.74) is 1.19. The maximum atomic E-state index is 9.14. The topological polar surface area (TPSA) is 32.3 Å². The van der Waals surface area contributed by atoms with Crippen LogP contribution in [0.3, 0.4) is 0 Å². The second-order valence-electron chi connectivity index (χ2n) is 3.78. The lowest BCUT2D eigenvalue weighted by Crippen LogP contribution is -2.11. The summed E-state index contributed by atoms with van der Waals surface area (Å²) in [4.78, 5) is 2.71. The van der Waals surface area contributed by atoms with Gasteiger partial charge in [-0.05, 0) is 36.8 Å². The first-order chi connectivity index (χ1) is 7.74. The van der Waals surface area contributed by atoms with Crippen LogP contribution >= 0.6 is 11.3 Å². The molecule has 16 heavy (non-hydrogen) atoms. The summed E-state index contributed by atoms with van der Waals surface area (Å²) in [6.07, 6.45) is 0. The first kappa shape index (κ1) is 11.2. The number of hydrogen-bond acceptors (Lipinski definition) is 3. The van der Waals surface area contributed by atoms with Crippen LogP contribution in [0.5, 0.6) is 5.75 Å². The minimum atomic E-state index is 0.317. The summed E-state index contributed by atoms with van der Waals surface area (Å²) < 4.78 is 0. The minimum absolute atomic E-state index is 0.317. The Morgan fingerprint density at radius 2 is 1.81 bits per heavy atom. The van der Waals surface area contributed by atoms with Gasteiger partial charge in [-0.1, -0.05) is 12.1 Å². The molecule has 3 heteroatoms. The predicted octanol–water partition coefficient (Wildman–Crippen LogP) is 3.05. The van der Waals surface area contributed by atoms with Gasteiger partial charge in [0, 0.05) is 22.8 Å². The number of thiophene rings is 1. The van der Waals surface area contributed by atoms with E-state index in [1.54, 1.807) is 12.1 Å². The summed E-state index contributed by atoms with van der Waals surface area (Å²) in [7, 11) is 0. The molecule has 0 atom stereocenters. The highest BCUT2D eigenvalue weighted by Crippen LogP contribution is 2.15. The number of hydrogen-bond donors (Lipinski definition) is 2. The van der Waals surface area contributed by atoms with E-state index in [0.717, 1.165) is 13.1 Å². The third kappa shape index (κ3) is 3.08. The molecule has 0 aliphatic heterocycles. The van der Waals surface area contributed by atoms with Crippen LogP contribution in [0.15, 0.2) is 36.4 Å². The monoisotopic (exact) mass is 233 g/mol. The van der Waals surface area contributed by atoms with Crippen LogP contribution in [0.2, 0.25) is 0 Å². The molecule has 0 amide bonds. The first-order valence-electron chi connectivity index (χ1n) is 5.28. The van der Waals surface area contributed by atoms with Gasteiger partial charge in [0.2, 0.25) is 0 Å². The maximum absolute atomic E-state index is 9.14. The molecule has 0 aliphatic carbocycles. The third-order valence-corrected chi connectivity index (χ3v) is 3.36. The van der Waals surface area contributed by atoms with Crippen LogP contribution in [-0.2, 0) is 13.1 Å². The molecule has 0 saturated carbocycles. The van der Waals surface area contributed by atoms with E-state index < -0.39 is 0 Å². The lowest BCUT2D eigenvalue weighted by molar-refractivity contribution is 0.475. The molecule has 0 radical (unpaired) electrons. The van der Waals surface area contributed by atoms with Crippen LogP contribution in [0.4, 0.5) is 0 Å². The predicted molar refractivity (Wildman–Crippen MR) is 67.7 cm³/mol. The Hall–Kier alpha value is -1.32. The minimum Gasteiger partial charge on any atom is -0.508 e. The Labute approximate surface area is 99.6 Å². The van der Waals surface area contributed by atoms with E-state index >= 15 is 0 Å². The van der Waals surface area contributed by atoms with E-state index in [1.807, 2.05) is 23.5 Å². The van der Waals surface area contributed by atoms with Crippen molar-refractivity contribution in [2.75, 3.05) is 0 Å². The van der Waals surface area contributed by atoms with E-state index in [9.17, 15) is 0 Å². The molecule has 2 N–H and O–H groups in total. The van der Waals surface area contributed by atoms with Crippen LogP contribution in [-0.4, -0.2) is 5.11 Å². The fourth-order valence-electron chi connectivity index (χ4n) is 1.52. The van der Waals surface area contributed by atoms with Crippen LogP contribution < -0.4 is 5.32 Å². The summed E-state index contributed by atoms with van der Waals surface area (Å²) in [6, 6.07) is 11.6. The highest BCUT2D eigenvalue weighted by Gasteiger charge is 1.97. The molecule has 2 rings (SSSR count). The van der Waals surface area contributed by atoms with Crippen molar-refractivity contribution < 1.29 is 5.11 Å². The van der Waals surface area contributed by atoms with Crippen LogP contribution in [0.25, 0.3) is 0 Å². The van der Waals surface area contributed by atoms with Crippen molar-refractivity contribution in [3.8, 4) is 5.75 Å². The fraction of sp³-hybridized carbons (Fsp3) is 0.231. The third-order valence-electron chi connectivity index (χ3n) is 2.36. The standard InChI is InChI=1S/C13H15NOS/c1-10-2-7-13(16-10)9-14-8-11-3-5-12(15)6-4-11/h2-7,14-15H,8-9H2,1H3. The normalized spacial score (nSPS) is 10.6. The van der Waals surface area contributed by atoms with Crippen LogP contribution in [0, 0.1) is 6.92 Å². The van der Waals surface area contributed by atoms with Crippen molar-refractivity contribution >= 4 is 11.3 Å². The van der Waals surface area contributed by atoms with Crippen molar-refractivity contribution in [3.05, 3.63) is 51.7 Å². The summed E-state index contributed by atoms with van der Waals surface area (Å²) >= 11 is 1.82. The number of benzene rings is 1. The molecule has 2 aromatic rings. The molecule has 0 aliphatic rings. The second-order valence-corrected chi connectivity index (χ2v) is 5.15. The Morgan fingerprint density at radius 3 is 2.44 bits per heavy atom. The molecular weight excluding hydrogens is 218 g/mol. The zero-order chi connectivity index (χ0) is 11.4. The van der Waals surface area contributed by atoms with Crippen molar-refractivity contribution in [2.45, 2.75) is 20.0 Å². The van der Waals surface area contributed by atoms with Gasteiger partial charge in [0.05, 0.1) is 0 Å². The van der Waals surface area contributed by atoms with Crippen LogP contribution in [0.1, 0.15) is 15.3 Å². The molecule has 0 unspecified atom stereocenters. The average molecular weight is 233 g/mol. The Morgan fingerprint density at radius 1 is 1.06 bits per heavy atom. The summed E-state index contributed by atoms with van der Waals surface area (Å²) in [5, 5.41) is 12.5. The largest absolute Gasteiger partial charge is 0.508 e. The Bertz CT molecular complexity index is 447. The summed E-state index contributed by atoms with van der Waals surface area (Å²) in [6.45, 7) is 3.85. The van der Waals surface area contributed by atoms with Crippen molar-refractivity contribution in [1.82, 2.24) is 5.32 Å². The van der Waals surface area contributed by atoms with Crippen molar-refractivity contribution in [1.29, 1.82) is 0 Å². The molecule has 0 spiro atoms. The number of aryl methyl sites for hydroxylation is 1. The number of nitrogens with one attached hydrogen (secondary N) is 1. The molecule has 0 bridgehead atoms. The van der Waals surface area contributed by atoms with E-state index in [4.69, 9.17) is 5.11 Å². The molecule has 1 aromatic carbocycles. The SMILES string of the molecule is Cc1ccc(CNCc2ccc(O)cc2)s1. The van der Waals surface area contributed by atoms with Gasteiger partial charge in [0.1, 0.15) is 5.75 Å². The molecule has 0 fully saturated rings. The van der Waals surface area contributed by atoms with Gasteiger partial charge in [-0.25, -0.2) is 0 Å². The Kier molecular flexibility index (Phi) is 3.59. The number of aromatic hydroxyl groups is 1. The van der Waals surface area contributed by atoms with E-state index in [1.165, 1.54) is 15.3 Å². The lowest BCUT2D eigenvalue weighted by Gasteiger charge is -2.03. The average Bonchev–Trinajstić information content (AvgIpc) is 2.67. The molecule has 2 nitrogen and oxygen atoms in total. The summed E-state index contributed by atoms with van der Waals surface area (Å²) in [5.74, 6) is 0.317. The molecule has 1 heterocycles. The van der Waals surface area contributed by atoms with Gasteiger partial charge >= 0.3 is 0 Å². The Balaban J connectivity index is 1.82. The van der Waals surface area contributed by atoms with Gasteiger partial charge in [-0.3, -0.25) is 0 Å². The maximum Gasteiger partial charge on any atom is 0.115 e. The van der Waals surface area contributed by atoms with E-state index in [-0.39, 0.29) is 0 Å². The first-order valence-corrected chi connectivity index (χ1v) is 6.09. The van der Waals surface area contributed by atoms with Gasteiger partial charge in [-0.2, -0.15) is 0 Å². The number of phenolic OH excluding ortho intramolecular Hbond substituents is 1. The van der Waals surface area contributed by atoms with E-state index in [2.05, 4.69) is 24.4 Å². The quantitative estimate of drug-likeness (QED) is 0.850. The van der Waals surface area contributed by atoms with Gasteiger partial charge in [0.15, 0.2) is 0 Å². The van der Waals surface area contributed by atoms with Gasteiger partial charge in [0.25, 0.3) is 0 Å². The zero-order valence-corrected chi connectivity index (χ0v) is 10.1. The molecule has 0 saturated heterocycles.